The molecular formula is C20H34O2. The van der Waals surface area contributed by atoms with E-state index in [9.17, 15) is 10.2 Å². The van der Waals surface area contributed by atoms with Gasteiger partial charge < -0.3 is 10.2 Å². The quantitative estimate of drug-likeness (QED) is 0.694. The Labute approximate surface area is 136 Å². The van der Waals surface area contributed by atoms with Crippen molar-refractivity contribution in [1.82, 2.24) is 0 Å². The second-order valence-electron chi connectivity index (χ2n) is 8.38. The maximum absolute atomic E-state index is 11.1. The van der Waals surface area contributed by atoms with Crippen LogP contribution in [0.25, 0.3) is 0 Å². The average Bonchev–Trinajstić information content (AvgIpc) is 2.45. The third kappa shape index (κ3) is 3.83. The summed E-state index contributed by atoms with van der Waals surface area (Å²) in [5.41, 5.74) is 1.41. The van der Waals surface area contributed by atoms with E-state index in [1.165, 1.54) is 11.1 Å². The maximum Gasteiger partial charge on any atom is 0.0686 e. The third-order valence-electron chi connectivity index (χ3n) is 5.98. The molecule has 1 saturated carbocycles. The van der Waals surface area contributed by atoms with E-state index in [4.69, 9.17) is 0 Å². The first-order valence-electron chi connectivity index (χ1n) is 8.94. The molecule has 22 heavy (non-hydrogen) atoms. The molecule has 2 aliphatic rings. The highest BCUT2D eigenvalue weighted by molar-refractivity contribution is 5.18. The largest absolute Gasteiger partial charge is 0.390 e. The lowest BCUT2D eigenvalue weighted by Crippen LogP contribution is -2.44. The Kier molecular flexibility index (Phi) is 5.23. The lowest BCUT2D eigenvalue weighted by molar-refractivity contribution is -0.0625. The Balaban J connectivity index is 2.52. The molecule has 2 heteroatoms. The van der Waals surface area contributed by atoms with Crippen LogP contribution in [0.5, 0.6) is 0 Å². The molecule has 2 nitrogen and oxygen atoms in total. The maximum atomic E-state index is 11.1. The highest BCUT2D eigenvalue weighted by Crippen LogP contribution is 2.46. The first-order chi connectivity index (χ1) is 10.1. The van der Waals surface area contributed by atoms with Gasteiger partial charge in [0.2, 0.25) is 0 Å². The Bertz CT molecular complexity index is 454. The van der Waals surface area contributed by atoms with Crippen molar-refractivity contribution >= 4 is 0 Å². The van der Waals surface area contributed by atoms with Gasteiger partial charge in [-0.3, -0.25) is 0 Å². The van der Waals surface area contributed by atoms with Crippen molar-refractivity contribution in [2.75, 3.05) is 0 Å². The van der Waals surface area contributed by atoms with Crippen LogP contribution in [0.2, 0.25) is 0 Å². The van der Waals surface area contributed by atoms with Gasteiger partial charge in [0.1, 0.15) is 0 Å². The summed E-state index contributed by atoms with van der Waals surface area (Å²) >= 11 is 0. The predicted octanol–water partition coefficient (Wildman–Crippen LogP) is 4.62. The van der Waals surface area contributed by atoms with Gasteiger partial charge in [-0.05, 0) is 71.1 Å². The summed E-state index contributed by atoms with van der Waals surface area (Å²) in [4.78, 5) is 0. The molecule has 2 rings (SSSR count). The minimum atomic E-state index is -0.725. The molecule has 4 unspecified atom stereocenters. The van der Waals surface area contributed by atoms with Crippen molar-refractivity contribution in [3.05, 3.63) is 23.3 Å². The minimum absolute atomic E-state index is 0.0320. The summed E-state index contributed by atoms with van der Waals surface area (Å²) in [7, 11) is 0. The number of rotatable bonds is 1. The monoisotopic (exact) mass is 306 g/mol. The Morgan fingerprint density at radius 3 is 2.36 bits per heavy atom. The molecule has 4 atom stereocenters. The predicted molar refractivity (Wildman–Crippen MR) is 92.6 cm³/mol. The zero-order valence-corrected chi connectivity index (χ0v) is 15.0. The first kappa shape index (κ1) is 17.7. The van der Waals surface area contributed by atoms with Gasteiger partial charge in [0.05, 0.1) is 11.2 Å². The van der Waals surface area contributed by atoms with Gasteiger partial charge in [0, 0.05) is 5.92 Å². The summed E-state index contributed by atoms with van der Waals surface area (Å²) in [6, 6.07) is 0. The molecule has 0 amide bonds. The molecule has 0 aromatic rings. The van der Waals surface area contributed by atoms with Crippen molar-refractivity contribution in [3.8, 4) is 0 Å². The van der Waals surface area contributed by atoms with Crippen LogP contribution < -0.4 is 0 Å². The van der Waals surface area contributed by atoms with Crippen molar-refractivity contribution < 1.29 is 10.2 Å². The van der Waals surface area contributed by atoms with Gasteiger partial charge in [0.25, 0.3) is 0 Å². The number of allylic oxidation sites excluding steroid dienone is 3. The topological polar surface area (TPSA) is 40.5 Å². The van der Waals surface area contributed by atoms with E-state index in [0.717, 1.165) is 38.5 Å². The fraction of sp³-hybridized carbons (Fsp3) is 0.800. The SMILES string of the molecule is CC1=CCC2C(C=C(C(C)C)CC1)C(C)(O)CCCC2(C)O. The highest BCUT2D eigenvalue weighted by atomic mass is 16.3. The van der Waals surface area contributed by atoms with Crippen LogP contribution in [0.1, 0.15) is 73.1 Å². The molecule has 126 valence electrons. The summed E-state index contributed by atoms with van der Waals surface area (Å²) < 4.78 is 0. The Hall–Kier alpha value is -0.600. The molecule has 0 saturated heterocycles. The molecule has 2 aliphatic carbocycles. The van der Waals surface area contributed by atoms with Crippen molar-refractivity contribution in [2.24, 2.45) is 17.8 Å². The van der Waals surface area contributed by atoms with Gasteiger partial charge in [-0.15, -0.1) is 0 Å². The molecule has 0 aromatic heterocycles. The second-order valence-corrected chi connectivity index (χ2v) is 8.38. The van der Waals surface area contributed by atoms with Crippen LogP contribution in [0, 0.1) is 17.8 Å². The van der Waals surface area contributed by atoms with Crippen LogP contribution in [0.3, 0.4) is 0 Å². The summed E-state index contributed by atoms with van der Waals surface area (Å²) in [5.74, 6) is 0.618. The molecule has 0 aliphatic heterocycles. The smallest absolute Gasteiger partial charge is 0.0686 e. The zero-order chi connectivity index (χ0) is 16.5. The van der Waals surface area contributed by atoms with E-state index in [1.807, 2.05) is 13.8 Å². The van der Waals surface area contributed by atoms with Crippen molar-refractivity contribution in [2.45, 2.75) is 84.3 Å². The molecular weight excluding hydrogens is 272 g/mol. The normalized spacial score (nSPS) is 40.7. The fourth-order valence-electron chi connectivity index (χ4n) is 4.24. The van der Waals surface area contributed by atoms with Crippen LogP contribution in [-0.2, 0) is 0 Å². The lowest BCUT2D eigenvalue weighted by Gasteiger charge is -2.40. The Morgan fingerprint density at radius 1 is 1.09 bits per heavy atom. The fourth-order valence-corrected chi connectivity index (χ4v) is 4.24. The highest BCUT2D eigenvalue weighted by Gasteiger charge is 2.46. The van der Waals surface area contributed by atoms with Gasteiger partial charge >= 0.3 is 0 Å². The van der Waals surface area contributed by atoms with E-state index in [2.05, 4.69) is 32.9 Å². The standard InChI is InChI=1S/C20H34O2/c1-14(2)16-9-7-15(3)8-10-17-18(13-16)20(5,22)12-6-11-19(17,4)21/h8,13-14,17-18,21-22H,6-7,9-12H2,1-5H3. The van der Waals surface area contributed by atoms with Crippen molar-refractivity contribution in [1.29, 1.82) is 0 Å². The van der Waals surface area contributed by atoms with Gasteiger partial charge in [-0.2, -0.15) is 0 Å². The summed E-state index contributed by atoms with van der Waals surface area (Å²) in [5, 5.41) is 22.1. The number of fused-ring (bicyclic) bond motifs is 1. The Morgan fingerprint density at radius 2 is 1.73 bits per heavy atom. The lowest BCUT2D eigenvalue weighted by atomic mass is 9.70. The van der Waals surface area contributed by atoms with Crippen molar-refractivity contribution in [3.63, 3.8) is 0 Å². The van der Waals surface area contributed by atoms with Crippen LogP contribution >= 0.6 is 0 Å². The minimum Gasteiger partial charge on any atom is -0.390 e. The van der Waals surface area contributed by atoms with E-state index in [0.29, 0.717) is 5.92 Å². The van der Waals surface area contributed by atoms with E-state index >= 15 is 0 Å². The number of hydrogen-bond acceptors (Lipinski definition) is 2. The van der Waals surface area contributed by atoms with Gasteiger partial charge in [-0.1, -0.05) is 37.1 Å². The summed E-state index contributed by atoms with van der Waals surface area (Å²) in [6.45, 7) is 10.6. The molecule has 0 radical (unpaired) electrons. The molecule has 0 aromatic carbocycles. The molecule has 0 spiro atoms. The molecule has 0 bridgehead atoms. The van der Waals surface area contributed by atoms with Gasteiger partial charge in [-0.25, -0.2) is 0 Å². The molecule has 0 heterocycles. The van der Waals surface area contributed by atoms with E-state index in [-0.39, 0.29) is 11.8 Å². The van der Waals surface area contributed by atoms with Crippen LogP contribution in [0.4, 0.5) is 0 Å². The van der Waals surface area contributed by atoms with E-state index < -0.39 is 11.2 Å². The number of aliphatic hydroxyl groups is 2. The van der Waals surface area contributed by atoms with Crippen LogP contribution in [-0.4, -0.2) is 21.4 Å². The first-order valence-corrected chi connectivity index (χ1v) is 8.94. The van der Waals surface area contributed by atoms with Crippen LogP contribution in [0.15, 0.2) is 23.3 Å². The van der Waals surface area contributed by atoms with Gasteiger partial charge in [0.15, 0.2) is 0 Å². The molecule has 2 N–H and O–H groups in total. The van der Waals surface area contributed by atoms with E-state index in [1.54, 1.807) is 0 Å². The zero-order valence-electron chi connectivity index (χ0n) is 15.0. The number of hydrogen-bond donors (Lipinski definition) is 2. The second kappa shape index (κ2) is 6.49. The average molecular weight is 306 g/mol. The molecule has 1 fully saturated rings. The third-order valence-corrected chi connectivity index (χ3v) is 5.98. The summed E-state index contributed by atoms with van der Waals surface area (Å²) in [6.07, 6.45) is 10.1.